The van der Waals surface area contributed by atoms with Gasteiger partial charge in [-0.2, -0.15) is 0 Å². The Morgan fingerprint density at radius 1 is 0.786 bits per heavy atom. The number of nitrogens with one attached hydrogen (secondary N) is 2. The molecule has 28 heavy (non-hydrogen) atoms. The van der Waals surface area contributed by atoms with Crippen molar-refractivity contribution in [1.29, 1.82) is 0 Å². The third-order valence-electron chi connectivity index (χ3n) is 5.15. The lowest BCUT2D eigenvalue weighted by Crippen LogP contribution is -2.36. The van der Waals surface area contributed by atoms with Crippen LogP contribution < -0.4 is 20.1 Å². The van der Waals surface area contributed by atoms with Crippen LogP contribution in [-0.4, -0.2) is 31.1 Å². The van der Waals surface area contributed by atoms with Gasteiger partial charge in [-0.3, -0.25) is 9.59 Å². The van der Waals surface area contributed by atoms with Crippen molar-refractivity contribution in [1.82, 2.24) is 5.32 Å². The standard InChI is InChI=1S/C22H24N2O4/c25-21(23-17-4-2-1-3-5-17)15-6-8-16(9-7-15)22(26)24-18-10-11-19-20(14-18)28-13-12-27-19/h6-11,14,17H,1-5,12-13H2,(H,23,25)(H,24,26). The Kier molecular flexibility index (Phi) is 5.46. The van der Waals surface area contributed by atoms with E-state index in [1.165, 1.54) is 19.3 Å². The van der Waals surface area contributed by atoms with E-state index in [0.717, 1.165) is 12.8 Å². The van der Waals surface area contributed by atoms with Crippen LogP contribution in [0.1, 0.15) is 52.8 Å². The summed E-state index contributed by atoms with van der Waals surface area (Å²) in [4.78, 5) is 24.9. The van der Waals surface area contributed by atoms with Crippen molar-refractivity contribution in [2.75, 3.05) is 18.5 Å². The van der Waals surface area contributed by atoms with Gasteiger partial charge >= 0.3 is 0 Å². The Labute approximate surface area is 164 Å². The van der Waals surface area contributed by atoms with Crippen LogP contribution in [0, 0.1) is 0 Å². The van der Waals surface area contributed by atoms with Gasteiger partial charge in [-0.25, -0.2) is 0 Å². The van der Waals surface area contributed by atoms with Crippen LogP contribution in [0.2, 0.25) is 0 Å². The van der Waals surface area contributed by atoms with Crippen molar-refractivity contribution in [3.05, 3.63) is 53.6 Å². The maximum absolute atomic E-state index is 12.5. The summed E-state index contributed by atoms with van der Waals surface area (Å²) in [7, 11) is 0. The van der Waals surface area contributed by atoms with Crippen LogP contribution in [0.5, 0.6) is 11.5 Å². The minimum Gasteiger partial charge on any atom is -0.486 e. The number of anilines is 1. The third kappa shape index (κ3) is 4.27. The predicted molar refractivity (Wildman–Crippen MR) is 106 cm³/mol. The predicted octanol–water partition coefficient (Wildman–Crippen LogP) is 3.77. The SMILES string of the molecule is O=C(Nc1ccc2c(c1)OCCO2)c1ccc(C(=O)NC2CCCCC2)cc1. The Hall–Kier alpha value is -3.02. The summed E-state index contributed by atoms with van der Waals surface area (Å²) in [6, 6.07) is 12.3. The number of amides is 2. The van der Waals surface area contributed by atoms with Gasteiger partial charge in [0.25, 0.3) is 11.8 Å². The first-order valence-corrected chi connectivity index (χ1v) is 9.81. The van der Waals surface area contributed by atoms with E-state index in [4.69, 9.17) is 9.47 Å². The zero-order chi connectivity index (χ0) is 19.3. The second kappa shape index (κ2) is 8.33. The summed E-state index contributed by atoms with van der Waals surface area (Å²) in [5.41, 5.74) is 1.69. The molecule has 0 spiro atoms. The molecule has 2 amide bonds. The molecule has 1 aliphatic carbocycles. The summed E-state index contributed by atoms with van der Waals surface area (Å²) >= 11 is 0. The molecule has 0 saturated heterocycles. The van der Waals surface area contributed by atoms with Crippen LogP contribution in [-0.2, 0) is 0 Å². The van der Waals surface area contributed by atoms with Gasteiger partial charge in [0, 0.05) is 28.9 Å². The average molecular weight is 380 g/mol. The fourth-order valence-electron chi connectivity index (χ4n) is 3.61. The van der Waals surface area contributed by atoms with E-state index in [0.29, 0.717) is 41.5 Å². The van der Waals surface area contributed by atoms with E-state index in [1.807, 2.05) is 0 Å². The van der Waals surface area contributed by atoms with E-state index >= 15 is 0 Å². The minimum atomic E-state index is -0.240. The topological polar surface area (TPSA) is 76.7 Å². The molecule has 0 aromatic heterocycles. The highest BCUT2D eigenvalue weighted by Crippen LogP contribution is 2.32. The van der Waals surface area contributed by atoms with Crippen molar-refractivity contribution in [3.8, 4) is 11.5 Å². The van der Waals surface area contributed by atoms with Crippen LogP contribution in [0.4, 0.5) is 5.69 Å². The molecule has 1 heterocycles. The lowest BCUT2D eigenvalue weighted by atomic mass is 9.95. The summed E-state index contributed by atoms with van der Waals surface area (Å²) in [5, 5.41) is 5.94. The van der Waals surface area contributed by atoms with Gasteiger partial charge < -0.3 is 20.1 Å². The highest BCUT2D eigenvalue weighted by molar-refractivity contribution is 6.05. The molecule has 0 bridgehead atoms. The van der Waals surface area contributed by atoms with Gasteiger partial charge in [-0.05, 0) is 49.2 Å². The zero-order valence-corrected chi connectivity index (χ0v) is 15.7. The largest absolute Gasteiger partial charge is 0.486 e. The molecule has 2 aromatic carbocycles. The summed E-state index contributed by atoms with van der Waals surface area (Å²) in [6.45, 7) is 1.02. The maximum atomic E-state index is 12.5. The molecule has 2 N–H and O–H groups in total. The van der Waals surface area contributed by atoms with Crippen molar-refractivity contribution >= 4 is 17.5 Å². The molecule has 6 heteroatoms. The monoisotopic (exact) mass is 380 g/mol. The number of hydrogen-bond donors (Lipinski definition) is 2. The molecule has 0 atom stereocenters. The van der Waals surface area contributed by atoms with Gasteiger partial charge in [0.1, 0.15) is 13.2 Å². The fraction of sp³-hybridized carbons (Fsp3) is 0.364. The van der Waals surface area contributed by atoms with Crippen molar-refractivity contribution in [2.45, 2.75) is 38.1 Å². The molecule has 1 saturated carbocycles. The molecule has 2 aliphatic rings. The Morgan fingerprint density at radius 2 is 1.43 bits per heavy atom. The molecule has 2 aromatic rings. The number of rotatable bonds is 4. The van der Waals surface area contributed by atoms with E-state index in [1.54, 1.807) is 42.5 Å². The first-order valence-electron chi connectivity index (χ1n) is 9.81. The van der Waals surface area contributed by atoms with Crippen molar-refractivity contribution in [2.24, 2.45) is 0 Å². The molecular weight excluding hydrogens is 356 g/mol. The summed E-state index contributed by atoms with van der Waals surface area (Å²) in [5.74, 6) is 0.984. The number of hydrogen-bond acceptors (Lipinski definition) is 4. The van der Waals surface area contributed by atoms with E-state index in [9.17, 15) is 9.59 Å². The lowest BCUT2D eigenvalue weighted by molar-refractivity contribution is 0.0926. The molecule has 6 nitrogen and oxygen atoms in total. The number of fused-ring (bicyclic) bond motifs is 1. The minimum absolute atomic E-state index is 0.0781. The maximum Gasteiger partial charge on any atom is 0.255 e. The third-order valence-corrected chi connectivity index (χ3v) is 5.15. The molecule has 0 radical (unpaired) electrons. The molecule has 146 valence electrons. The lowest BCUT2D eigenvalue weighted by Gasteiger charge is -2.22. The quantitative estimate of drug-likeness (QED) is 0.846. The summed E-state index contributed by atoms with van der Waals surface area (Å²) in [6.07, 6.45) is 5.68. The van der Waals surface area contributed by atoms with Crippen LogP contribution in [0.25, 0.3) is 0 Å². The van der Waals surface area contributed by atoms with Gasteiger partial charge in [-0.1, -0.05) is 19.3 Å². The summed E-state index contributed by atoms with van der Waals surface area (Å²) < 4.78 is 11.0. The van der Waals surface area contributed by atoms with E-state index < -0.39 is 0 Å². The number of benzene rings is 2. The number of carbonyl (C=O) groups excluding carboxylic acids is 2. The van der Waals surface area contributed by atoms with Crippen LogP contribution in [0.15, 0.2) is 42.5 Å². The smallest absolute Gasteiger partial charge is 0.255 e. The van der Waals surface area contributed by atoms with Crippen molar-refractivity contribution in [3.63, 3.8) is 0 Å². The molecule has 1 fully saturated rings. The Morgan fingerprint density at radius 3 is 2.14 bits per heavy atom. The van der Waals surface area contributed by atoms with Gasteiger partial charge in [0.05, 0.1) is 0 Å². The first-order chi connectivity index (χ1) is 13.7. The van der Waals surface area contributed by atoms with Gasteiger partial charge in [-0.15, -0.1) is 0 Å². The van der Waals surface area contributed by atoms with E-state index in [2.05, 4.69) is 10.6 Å². The van der Waals surface area contributed by atoms with Crippen LogP contribution in [0.3, 0.4) is 0 Å². The molecule has 0 unspecified atom stereocenters. The average Bonchev–Trinajstić information content (AvgIpc) is 2.74. The molecular formula is C22H24N2O4. The zero-order valence-electron chi connectivity index (χ0n) is 15.7. The van der Waals surface area contributed by atoms with E-state index in [-0.39, 0.29) is 17.9 Å². The second-order valence-corrected chi connectivity index (χ2v) is 7.20. The number of carbonyl (C=O) groups is 2. The highest BCUT2D eigenvalue weighted by Gasteiger charge is 2.17. The molecule has 1 aliphatic heterocycles. The van der Waals surface area contributed by atoms with Crippen LogP contribution >= 0.6 is 0 Å². The van der Waals surface area contributed by atoms with Gasteiger partial charge in [0.15, 0.2) is 11.5 Å². The fourth-order valence-corrected chi connectivity index (χ4v) is 3.61. The Balaban J connectivity index is 1.37. The number of ether oxygens (including phenoxy) is 2. The van der Waals surface area contributed by atoms with Crippen molar-refractivity contribution < 1.29 is 19.1 Å². The molecule has 4 rings (SSSR count). The normalized spacial score (nSPS) is 16.3. The first kappa shape index (κ1) is 18.3. The highest BCUT2D eigenvalue weighted by atomic mass is 16.6. The second-order valence-electron chi connectivity index (χ2n) is 7.20. The van der Waals surface area contributed by atoms with Gasteiger partial charge in [0.2, 0.25) is 0 Å². The Bertz CT molecular complexity index is 857.